The number of hydrogen-bond acceptors (Lipinski definition) is 2. The fourth-order valence-electron chi connectivity index (χ4n) is 0.477. The maximum Gasteiger partial charge on any atom is 0.0520 e. The summed E-state index contributed by atoms with van der Waals surface area (Å²) < 4.78 is 0. The van der Waals surface area contributed by atoms with Crippen molar-refractivity contribution in [1.82, 2.24) is 0 Å². The first-order chi connectivity index (χ1) is 3.63. The largest absolute Gasteiger partial charge is 0.316 e. The van der Waals surface area contributed by atoms with E-state index in [2.05, 4.69) is 13.8 Å². The normalized spacial score (nSPS) is 11.2. The van der Waals surface area contributed by atoms with Gasteiger partial charge in [-0.2, -0.15) is 0 Å². The van der Waals surface area contributed by atoms with E-state index in [0.29, 0.717) is 5.92 Å². The average molecular weight is 115 g/mol. The Bertz CT molecular complexity index is 42.5. The third-order valence-corrected chi connectivity index (χ3v) is 0.993. The van der Waals surface area contributed by atoms with Crippen LogP contribution in [0.3, 0.4) is 0 Å². The van der Waals surface area contributed by atoms with Crippen molar-refractivity contribution in [3.05, 3.63) is 6.92 Å². The predicted molar refractivity (Wildman–Crippen MR) is 35.9 cm³/mol. The van der Waals surface area contributed by atoms with Gasteiger partial charge in [0.15, 0.2) is 0 Å². The highest BCUT2D eigenvalue weighted by Gasteiger charge is 1.96. The molecule has 0 saturated heterocycles. The van der Waals surface area contributed by atoms with Crippen molar-refractivity contribution in [2.24, 2.45) is 17.4 Å². The Morgan fingerprint density at radius 2 is 1.88 bits per heavy atom. The Morgan fingerprint density at radius 1 is 1.38 bits per heavy atom. The van der Waals surface area contributed by atoms with E-state index in [1.807, 2.05) is 0 Å². The molecule has 0 spiro atoms. The highest BCUT2D eigenvalue weighted by atomic mass is 14.8. The molecule has 0 amide bonds. The Labute approximate surface area is 51.2 Å². The van der Waals surface area contributed by atoms with Crippen molar-refractivity contribution < 1.29 is 0 Å². The molecule has 0 fully saturated rings. The molecule has 0 aromatic rings. The monoisotopic (exact) mass is 115 g/mol. The lowest BCUT2D eigenvalue weighted by Gasteiger charge is -2.05. The van der Waals surface area contributed by atoms with Gasteiger partial charge < -0.3 is 11.5 Å². The first-order valence-corrected chi connectivity index (χ1v) is 2.97. The molecule has 0 rings (SSSR count). The topological polar surface area (TPSA) is 52.0 Å². The van der Waals surface area contributed by atoms with Crippen LogP contribution in [0.2, 0.25) is 0 Å². The second-order valence-corrected chi connectivity index (χ2v) is 2.35. The Hall–Kier alpha value is -0.0800. The highest BCUT2D eigenvalue weighted by molar-refractivity contribution is 4.58. The van der Waals surface area contributed by atoms with Crippen LogP contribution in [0, 0.1) is 12.8 Å². The van der Waals surface area contributed by atoms with Crippen LogP contribution >= 0.6 is 0 Å². The highest BCUT2D eigenvalue weighted by Crippen LogP contribution is 2.01. The summed E-state index contributed by atoms with van der Waals surface area (Å²) >= 11 is 0. The second kappa shape index (κ2) is 3.87. The first-order valence-electron chi connectivity index (χ1n) is 2.97. The van der Waals surface area contributed by atoms with Crippen molar-refractivity contribution in [2.45, 2.75) is 25.9 Å². The van der Waals surface area contributed by atoms with E-state index >= 15 is 0 Å². The third kappa shape index (κ3) is 5.92. The van der Waals surface area contributed by atoms with Gasteiger partial charge in [0.1, 0.15) is 0 Å². The van der Waals surface area contributed by atoms with E-state index in [9.17, 15) is 0 Å². The van der Waals surface area contributed by atoms with Gasteiger partial charge in [0.05, 0.1) is 6.17 Å². The van der Waals surface area contributed by atoms with Crippen LogP contribution in [0.1, 0.15) is 19.8 Å². The third-order valence-electron chi connectivity index (χ3n) is 0.993. The van der Waals surface area contributed by atoms with Crippen LogP contribution in [-0.4, -0.2) is 6.17 Å². The molecule has 0 bridgehead atoms. The van der Waals surface area contributed by atoms with Gasteiger partial charge in [-0.3, -0.25) is 0 Å². The lowest BCUT2D eigenvalue weighted by Crippen LogP contribution is -2.30. The van der Waals surface area contributed by atoms with Crippen molar-refractivity contribution in [2.75, 3.05) is 0 Å². The zero-order chi connectivity index (χ0) is 6.57. The molecule has 1 radical (unpaired) electrons. The summed E-state index contributed by atoms with van der Waals surface area (Å²) in [6, 6.07) is 0. The van der Waals surface area contributed by atoms with E-state index < -0.39 is 0 Å². The summed E-state index contributed by atoms with van der Waals surface area (Å²) in [5, 5.41) is 0. The van der Waals surface area contributed by atoms with Crippen molar-refractivity contribution in [1.29, 1.82) is 0 Å². The summed E-state index contributed by atoms with van der Waals surface area (Å²) in [5.41, 5.74) is 10.6. The molecule has 8 heavy (non-hydrogen) atoms. The van der Waals surface area contributed by atoms with Crippen LogP contribution in [-0.2, 0) is 0 Å². The minimum atomic E-state index is -0.154. The van der Waals surface area contributed by atoms with E-state index in [4.69, 9.17) is 11.5 Å². The summed E-state index contributed by atoms with van der Waals surface area (Å²) in [4.78, 5) is 0. The lowest BCUT2D eigenvalue weighted by molar-refractivity contribution is 0.534. The molecule has 2 nitrogen and oxygen atoms in total. The van der Waals surface area contributed by atoms with Gasteiger partial charge in [-0.15, -0.1) is 0 Å². The summed E-state index contributed by atoms with van der Waals surface area (Å²) in [5.74, 6) is 0.476. The first kappa shape index (κ1) is 7.92. The van der Waals surface area contributed by atoms with Crippen LogP contribution in [0.4, 0.5) is 0 Å². The fraction of sp³-hybridized carbons (Fsp3) is 0.833. The van der Waals surface area contributed by atoms with Crippen LogP contribution in [0.15, 0.2) is 0 Å². The summed E-state index contributed by atoms with van der Waals surface area (Å²) in [6.45, 7) is 5.86. The molecule has 1 unspecified atom stereocenters. The number of rotatable bonds is 3. The lowest BCUT2D eigenvalue weighted by atomic mass is 10.1. The zero-order valence-electron chi connectivity index (χ0n) is 5.43. The zero-order valence-corrected chi connectivity index (χ0v) is 5.43. The fourth-order valence-corrected chi connectivity index (χ4v) is 0.477. The smallest absolute Gasteiger partial charge is 0.0520 e. The maximum atomic E-state index is 5.29. The summed E-state index contributed by atoms with van der Waals surface area (Å²) in [7, 11) is 0. The van der Waals surface area contributed by atoms with Gasteiger partial charge in [-0.25, -0.2) is 0 Å². The molecule has 0 heterocycles. The molecule has 0 aliphatic rings. The SMILES string of the molecule is [CH2]C(C)CCC(N)N. The van der Waals surface area contributed by atoms with Crippen molar-refractivity contribution >= 4 is 0 Å². The Kier molecular flexibility index (Phi) is 3.83. The Morgan fingerprint density at radius 3 is 2.00 bits per heavy atom. The molecular weight excluding hydrogens is 100 g/mol. The average Bonchev–Trinajstić information content (AvgIpc) is 1.61. The van der Waals surface area contributed by atoms with Crippen LogP contribution in [0.25, 0.3) is 0 Å². The van der Waals surface area contributed by atoms with Crippen LogP contribution in [0.5, 0.6) is 0 Å². The molecule has 0 saturated carbocycles. The number of hydrogen-bond donors (Lipinski definition) is 2. The van der Waals surface area contributed by atoms with Gasteiger partial charge in [-0.1, -0.05) is 13.8 Å². The quantitative estimate of drug-likeness (QED) is 0.526. The van der Waals surface area contributed by atoms with E-state index in [0.717, 1.165) is 12.8 Å². The standard InChI is InChI=1S/C6H15N2/c1-5(2)3-4-6(7)8/h5-6H,1,3-4,7-8H2,2H3. The second-order valence-electron chi connectivity index (χ2n) is 2.35. The van der Waals surface area contributed by atoms with E-state index in [1.54, 1.807) is 0 Å². The molecular formula is C6H15N2. The van der Waals surface area contributed by atoms with Gasteiger partial charge >= 0.3 is 0 Å². The Balaban J connectivity index is 2.93. The molecule has 49 valence electrons. The number of nitrogens with two attached hydrogens (primary N) is 2. The van der Waals surface area contributed by atoms with Crippen molar-refractivity contribution in [3.8, 4) is 0 Å². The molecule has 0 aromatic carbocycles. The van der Waals surface area contributed by atoms with Gasteiger partial charge in [-0.05, 0) is 18.8 Å². The van der Waals surface area contributed by atoms with E-state index in [1.165, 1.54) is 0 Å². The molecule has 0 aliphatic heterocycles. The van der Waals surface area contributed by atoms with Gasteiger partial charge in [0.2, 0.25) is 0 Å². The van der Waals surface area contributed by atoms with Crippen molar-refractivity contribution in [3.63, 3.8) is 0 Å². The van der Waals surface area contributed by atoms with E-state index in [-0.39, 0.29) is 6.17 Å². The molecule has 4 N–H and O–H groups in total. The minimum absolute atomic E-state index is 0.154. The molecule has 0 aliphatic carbocycles. The molecule has 1 atom stereocenters. The summed E-state index contributed by atoms with van der Waals surface area (Å²) in [6.07, 6.45) is 1.75. The maximum absolute atomic E-state index is 5.29. The molecule has 0 aromatic heterocycles. The van der Waals surface area contributed by atoms with Gasteiger partial charge in [0, 0.05) is 0 Å². The van der Waals surface area contributed by atoms with Gasteiger partial charge in [0.25, 0.3) is 0 Å². The predicted octanol–water partition coefficient (Wildman–Crippen LogP) is 0.480. The molecule has 2 heteroatoms. The minimum Gasteiger partial charge on any atom is -0.316 e. The van der Waals surface area contributed by atoms with Crippen LogP contribution < -0.4 is 11.5 Å².